The van der Waals surface area contributed by atoms with E-state index in [2.05, 4.69) is 10.4 Å². The van der Waals surface area contributed by atoms with E-state index in [1.807, 2.05) is 6.92 Å². The van der Waals surface area contributed by atoms with E-state index in [-0.39, 0.29) is 12.3 Å². The zero-order valence-corrected chi connectivity index (χ0v) is 11.1. The van der Waals surface area contributed by atoms with E-state index < -0.39 is 12.0 Å². The van der Waals surface area contributed by atoms with Crippen LogP contribution in [0.4, 0.5) is 0 Å². The normalized spacial score (nSPS) is 12.1. The van der Waals surface area contributed by atoms with Crippen molar-refractivity contribution < 1.29 is 19.4 Å². The van der Waals surface area contributed by atoms with Gasteiger partial charge < -0.3 is 15.2 Å². The van der Waals surface area contributed by atoms with Crippen LogP contribution in [0.3, 0.4) is 0 Å². The predicted octanol–water partition coefficient (Wildman–Crippen LogP) is 0.479. The summed E-state index contributed by atoms with van der Waals surface area (Å²) in [7, 11) is 1.69. The molecule has 1 rings (SSSR count). The van der Waals surface area contributed by atoms with E-state index in [4.69, 9.17) is 9.84 Å². The summed E-state index contributed by atoms with van der Waals surface area (Å²) in [6.07, 6.45) is 3.81. The highest BCUT2D eigenvalue weighted by molar-refractivity contribution is 5.84. The number of aromatic nitrogens is 2. The van der Waals surface area contributed by atoms with Crippen molar-refractivity contribution in [2.75, 3.05) is 13.2 Å². The third-order valence-electron chi connectivity index (χ3n) is 2.51. The van der Waals surface area contributed by atoms with Crippen LogP contribution in [0, 0.1) is 0 Å². The molecule has 106 valence electrons. The predicted molar refractivity (Wildman–Crippen MR) is 67.5 cm³/mol. The highest BCUT2D eigenvalue weighted by Gasteiger charge is 2.23. The topological polar surface area (TPSA) is 93.4 Å². The van der Waals surface area contributed by atoms with Gasteiger partial charge in [-0.15, -0.1) is 0 Å². The van der Waals surface area contributed by atoms with Gasteiger partial charge in [0.2, 0.25) is 5.91 Å². The standard InChI is InChI=1S/C12H19N3O4/c1-3-19-6-4-5-10(16)14-11(12(17)18)9-7-13-15(2)8-9/h7-8,11H,3-6H2,1-2H3,(H,14,16)(H,17,18). The number of nitrogens with zero attached hydrogens (tertiary/aromatic N) is 2. The van der Waals surface area contributed by atoms with Crippen molar-refractivity contribution in [3.63, 3.8) is 0 Å². The minimum Gasteiger partial charge on any atom is -0.479 e. The number of aliphatic carboxylic acids is 1. The van der Waals surface area contributed by atoms with Gasteiger partial charge in [-0.05, 0) is 13.3 Å². The first-order valence-corrected chi connectivity index (χ1v) is 6.13. The van der Waals surface area contributed by atoms with Crippen molar-refractivity contribution >= 4 is 11.9 Å². The number of carbonyl (C=O) groups excluding carboxylic acids is 1. The Labute approximate surface area is 111 Å². The van der Waals surface area contributed by atoms with E-state index in [1.165, 1.54) is 10.9 Å². The maximum Gasteiger partial charge on any atom is 0.331 e. The average molecular weight is 269 g/mol. The van der Waals surface area contributed by atoms with Gasteiger partial charge in [0.15, 0.2) is 6.04 Å². The minimum absolute atomic E-state index is 0.240. The number of carboxylic acid groups (broad SMARTS) is 1. The van der Waals surface area contributed by atoms with Crippen molar-refractivity contribution in [2.24, 2.45) is 7.05 Å². The Balaban J connectivity index is 2.50. The molecule has 7 nitrogen and oxygen atoms in total. The van der Waals surface area contributed by atoms with Crippen LogP contribution in [0.15, 0.2) is 12.4 Å². The molecule has 0 saturated heterocycles. The molecule has 0 saturated carbocycles. The summed E-state index contributed by atoms with van der Waals surface area (Å²) >= 11 is 0. The number of nitrogens with one attached hydrogen (secondary N) is 1. The number of ether oxygens (including phenoxy) is 1. The first-order valence-electron chi connectivity index (χ1n) is 6.13. The molecule has 0 radical (unpaired) electrons. The van der Waals surface area contributed by atoms with Gasteiger partial charge in [-0.25, -0.2) is 4.79 Å². The zero-order valence-electron chi connectivity index (χ0n) is 11.1. The maximum absolute atomic E-state index is 11.6. The first-order chi connectivity index (χ1) is 9.04. The Hall–Kier alpha value is -1.89. The van der Waals surface area contributed by atoms with Crippen LogP contribution in [0.5, 0.6) is 0 Å². The number of amides is 1. The van der Waals surface area contributed by atoms with Gasteiger partial charge in [0.05, 0.1) is 6.20 Å². The summed E-state index contributed by atoms with van der Waals surface area (Å²) in [5.41, 5.74) is 0.452. The van der Waals surface area contributed by atoms with E-state index in [1.54, 1.807) is 13.2 Å². The smallest absolute Gasteiger partial charge is 0.331 e. The summed E-state index contributed by atoms with van der Waals surface area (Å²) in [5, 5.41) is 15.5. The molecule has 0 aliphatic rings. The molecule has 0 bridgehead atoms. The maximum atomic E-state index is 11.6. The molecule has 1 heterocycles. The van der Waals surface area contributed by atoms with Crippen LogP contribution >= 0.6 is 0 Å². The summed E-state index contributed by atoms with van der Waals surface area (Å²) in [4.78, 5) is 22.8. The lowest BCUT2D eigenvalue weighted by molar-refractivity contribution is -0.142. The number of hydrogen-bond acceptors (Lipinski definition) is 4. The fourth-order valence-electron chi connectivity index (χ4n) is 1.59. The number of carbonyl (C=O) groups is 2. The molecule has 0 aliphatic heterocycles. The second kappa shape index (κ2) is 7.52. The molecule has 0 fully saturated rings. The van der Waals surface area contributed by atoms with Crippen LogP contribution in [0.1, 0.15) is 31.4 Å². The fraction of sp³-hybridized carbons (Fsp3) is 0.583. The van der Waals surface area contributed by atoms with Crippen LogP contribution < -0.4 is 5.32 Å². The van der Waals surface area contributed by atoms with Gasteiger partial charge in [-0.3, -0.25) is 9.48 Å². The minimum atomic E-state index is -1.11. The van der Waals surface area contributed by atoms with Crippen molar-refractivity contribution in [1.82, 2.24) is 15.1 Å². The second-order valence-electron chi connectivity index (χ2n) is 4.09. The number of carboxylic acids is 1. The lowest BCUT2D eigenvalue weighted by atomic mass is 10.1. The number of hydrogen-bond donors (Lipinski definition) is 2. The van der Waals surface area contributed by atoms with Crippen molar-refractivity contribution in [3.05, 3.63) is 18.0 Å². The molecule has 0 spiro atoms. The van der Waals surface area contributed by atoms with Gasteiger partial charge in [0, 0.05) is 38.4 Å². The van der Waals surface area contributed by atoms with Crippen molar-refractivity contribution in [1.29, 1.82) is 0 Å². The molecule has 1 unspecified atom stereocenters. The number of aryl methyl sites for hydroxylation is 1. The largest absolute Gasteiger partial charge is 0.479 e. The molecule has 0 aliphatic carbocycles. The molecule has 1 atom stereocenters. The van der Waals surface area contributed by atoms with E-state index in [9.17, 15) is 9.59 Å². The van der Waals surface area contributed by atoms with Crippen LogP contribution in [-0.4, -0.2) is 40.0 Å². The average Bonchev–Trinajstić information content (AvgIpc) is 2.78. The molecular weight excluding hydrogens is 250 g/mol. The fourth-order valence-corrected chi connectivity index (χ4v) is 1.59. The van der Waals surface area contributed by atoms with Crippen LogP contribution in [-0.2, 0) is 21.4 Å². The van der Waals surface area contributed by atoms with Gasteiger partial charge in [-0.1, -0.05) is 0 Å². The first kappa shape index (κ1) is 15.2. The molecule has 1 aromatic heterocycles. The Kier molecular flexibility index (Phi) is 6.01. The second-order valence-corrected chi connectivity index (χ2v) is 4.09. The third kappa shape index (κ3) is 5.09. The van der Waals surface area contributed by atoms with Crippen molar-refractivity contribution in [3.8, 4) is 0 Å². The van der Waals surface area contributed by atoms with Gasteiger partial charge in [-0.2, -0.15) is 5.10 Å². The van der Waals surface area contributed by atoms with E-state index in [0.29, 0.717) is 25.2 Å². The van der Waals surface area contributed by atoms with Gasteiger partial charge >= 0.3 is 5.97 Å². The van der Waals surface area contributed by atoms with E-state index in [0.717, 1.165) is 0 Å². The molecular formula is C12H19N3O4. The quantitative estimate of drug-likeness (QED) is 0.669. The van der Waals surface area contributed by atoms with E-state index >= 15 is 0 Å². The summed E-state index contributed by atoms with van der Waals surface area (Å²) in [6, 6.07) is -1.06. The summed E-state index contributed by atoms with van der Waals surface area (Å²) < 4.78 is 6.61. The zero-order chi connectivity index (χ0) is 14.3. The van der Waals surface area contributed by atoms with Crippen LogP contribution in [0.2, 0.25) is 0 Å². The number of rotatable bonds is 8. The van der Waals surface area contributed by atoms with Gasteiger partial charge in [0.25, 0.3) is 0 Å². The molecule has 2 N–H and O–H groups in total. The summed E-state index contributed by atoms with van der Waals surface area (Å²) in [6.45, 7) is 2.98. The SMILES string of the molecule is CCOCCCC(=O)NC(C(=O)O)c1cnn(C)c1. The highest BCUT2D eigenvalue weighted by atomic mass is 16.5. The molecule has 1 aromatic rings. The molecule has 1 amide bonds. The summed E-state index contributed by atoms with van der Waals surface area (Å²) in [5.74, 6) is -1.41. The molecule has 0 aromatic carbocycles. The lowest BCUT2D eigenvalue weighted by Crippen LogP contribution is -2.33. The monoisotopic (exact) mass is 269 g/mol. The third-order valence-corrected chi connectivity index (χ3v) is 2.51. The lowest BCUT2D eigenvalue weighted by Gasteiger charge is -2.12. The van der Waals surface area contributed by atoms with Crippen LogP contribution in [0.25, 0.3) is 0 Å². The highest BCUT2D eigenvalue weighted by Crippen LogP contribution is 2.12. The Morgan fingerprint density at radius 1 is 1.58 bits per heavy atom. The molecule has 7 heteroatoms. The Bertz CT molecular complexity index is 430. The van der Waals surface area contributed by atoms with Gasteiger partial charge in [0.1, 0.15) is 0 Å². The van der Waals surface area contributed by atoms with Crippen molar-refractivity contribution in [2.45, 2.75) is 25.8 Å². The Morgan fingerprint density at radius 2 is 2.32 bits per heavy atom. The Morgan fingerprint density at radius 3 is 2.84 bits per heavy atom. The molecule has 19 heavy (non-hydrogen) atoms.